The maximum absolute atomic E-state index is 11.9. The Kier molecular flexibility index (Phi) is 5.01. The van der Waals surface area contributed by atoms with Gasteiger partial charge in [0.25, 0.3) is 0 Å². The van der Waals surface area contributed by atoms with E-state index in [1.165, 1.54) is 0 Å². The second-order valence-electron chi connectivity index (χ2n) is 5.91. The van der Waals surface area contributed by atoms with Crippen LogP contribution in [-0.4, -0.2) is 49.4 Å². The Bertz CT molecular complexity index is 464. The first kappa shape index (κ1) is 15.6. The summed E-state index contributed by atoms with van der Waals surface area (Å²) >= 11 is 0. The lowest BCUT2D eigenvalue weighted by Crippen LogP contribution is -2.48. The molecule has 1 aromatic rings. The number of carbonyl (C=O) groups is 1. The quantitative estimate of drug-likeness (QED) is 0.860. The van der Waals surface area contributed by atoms with Crippen molar-refractivity contribution in [2.75, 3.05) is 31.6 Å². The van der Waals surface area contributed by atoms with Gasteiger partial charge in [0.15, 0.2) is 0 Å². The fraction of sp³-hybridized carbons (Fsp3) is 0.600. The van der Waals surface area contributed by atoms with E-state index in [-0.39, 0.29) is 17.7 Å². The summed E-state index contributed by atoms with van der Waals surface area (Å²) in [5.41, 5.74) is -0.354. The minimum absolute atomic E-state index is 0.145. The first-order valence-corrected chi connectivity index (χ1v) is 7.26. The molecule has 0 unspecified atom stereocenters. The van der Waals surface area contributed by atoms with Crippen LogP contribution in [0.1, 0.15) is 20.3 Å². The smallest absolute Gasteiger partial charge is 0.315 e. The summed E-state index contributed by atoms with van der Waals surface area (Å²) in [5, 5.41) is 5.85. The zero-order chi connectivity index (χ0) is 15.3. The van der Waals surface area contributed by atoms with Crippen molar-refractivity contribution in [3.63, 3.8) is 0 Å². The zero-order valence-electron chi connectivity index (χ0n) is 12.9. The number of anilines is 1. The van der Waals surface area contributed by atoms with Gasteiger partial charge in [-0.15, -0.1) is 0 Å². The van der Waals surface area contributed by atoms with Gasteiger partial charge in [-0.3, -0.25) is 0 Å². The lowest BCUT2D eigenvalue weighted by Gasteiger charge is -2.24. The van der Waals surface area contributed by atoms with E-state index < -0.39 is 0 Å². The van der Waals surface area contributed by atoms with E-state index >= 15 is 0 Å². The maximum Gasteiger partial charge on any atom is 0.315 e. The van der Waals surface area contributed by atoms with Gasteiger partial charge in [0.2, 0.25) is 0 Å². The predicted molar refractivity (Wildman–Crippen MR) is 82.5 cm³/mol. The molecule has 1 fully saturated rings. The molecule has 6 heteroatoms. The van der Waals surface area contributed by atoms with Gasteiger partial charge in [-0.25, -0.2) is 9.78 Å². The highest BCUT2D eigenvalue weighted by Gasteiger charge is 2.25. The van der Waals surface area contributed by atoms with Crippen LogP contribution >= 0.6 is 0 Å². The van der Waals surface area contributed by atoms with Crippen molar-refractivity contribution in [3.8, 4) is 0 Å². The lowest BCUT2D eigenvalue weighted by atomic mass is 10.1. The Morgan fingerprint density at radius 1 is 1.52 bits per heavy atom. The number of ether oxygens (including phenoxy) is 1. The van der Waals surface area contributed by atoms with E-state index in [9.17, 15) is 4.79 Å². The number of hydrogen-bond acceptors (Lipinski definition) is 4. The lowest BCUT2D eigenvalue weighted by molar-refractivity contribution is 0.0253. The molecule has 0 bridgehead atoms. The second kappa shape index (κ2) is 6.76. The molecule has 0 saturated carbocycles. The molecule has 2 heterocycles. The van der Waals surface area contributed by atoms with Crippen molar-refractivity contribution in [3.05, 3.63) is 24.4 Å². The summed E-state index contributed by atoms with van der Waals surface area (Å²) in [6.07, 6.45) is 2.72. The van der Waals surface area contributed by atoms with E-state index in [0.717, 1.165) is 25.3 Å². The van der Waals surface area contributed by atoms with Crippen molar-refractivity contribution < 1.29 is 9.53 Å². The molecule has 1 aliphatic rings. The molecular formula is C15H24N4O2. The fourth-order valence-corrected chi connectivity index (χ4v) is 2.23. The predicted octanol–water partition coefficient (Wildman–Crippen LogP) is 1.38. The van der Waals surface area contributed by atoms with E-state index in [4.69, 9.17) is 4.74 Å². The average molecular weight is 292 g/mol. The summed E-state index contributed by atoms with van der Waals surface area (Å²) in [4.78, 5) is 18.4. The van der Waals surface area contributed by atoms with Crippen LogP contribution in [0.3, 0.4) is 0 Å². The molecule has 6 nitrogen and oxygen atoms in total. The van der Waals surface area contributed by atoms with E-state index in [2.05, 4.69) is 20.5 Å². The average Bonchev–Trinajstić information content (AvgIpc) is 2.95. The molecular weight excluding hydrogens is 268 g/mol. The topological polar surface area (TPSA) is 66.5 Å². The minimum atomic E-state index is -0.354. The third-order valence-electron chi connectivity index (χ3n) is 3.72. The molecule has 1 atom stereocenters. The molecule has 2 N–H and O–H groups in total. The number of nitrogens with one attached hydrogen (secondary N) is 2. The summed E-state index contributed by atoms with van der Waals surface area (Å²) in [5.74, 6) is 0.961. The first-order valence-electron chi connectivity index (χ1n) is 7.26. The van der Waals surface area contributed by atoms with Gasteiger partial charge in [-0.2, -0.15) is 0 Å². The van der Waals surface area contributed by atoms with Gasteiger partial charge in [-0.1, -0.05) is 6.07 Å². The van der Waals surface area contributed by atoms with Crippen LogP contribution in [0.25, 0.3) is 0 Å². The van der Waals surface area contributed by atoms with E-state index in [1.807, 2.05) is 32.0 Å². The summed E-state index contributed by atoms with van der Waals surface area (Å²) in [7, 11) is 1.64. The Balaban J connectivity index is 1.76. The zero-order valence-corrected chi connectivity index (χ0v) is 12.9. The number of urea groups is 1. The summed E-state index contributed by atoms with van der Waals surface area (Å²) in [6, 6.07) is 5.87. The van der Waals surface area contributed by atoms with Crippen molar-refractivity contribution in [2.24, 2.45) is 0 Å². The largest absolute Gasteiger partial charge is 0.377 e. The van der Waals surface area contributed by atoms with Crippen LogP contribution in [0, 0.1) is 0 Å². The Hall–Kier alpha value is -1.82. The third-order valence-corrected chi connectivity index (χ3v) is 3.72. The molecule has 116 valence electrons. The fourth-order valence-electron chi connectivity index (χ4n) is 2.23. The van der Waals surface area contributed by atoms with Crippen LogP contribution in [0.2, 0.25) is 0 Å². The SMILES string of the molecule is COC(C)(C)CNC(=O)N[C@@H]1CCN(c2ccccn2)C1. The second-order valence-corrected chi connectivity index (χ2v) is 5.91. The van der Waals surface area contributed by atoms with Crippen molar-refractivity contribution in [1.29, 1.82) is 0 Å². The molecule has 0 aliphatic carbocycles. The van der Waals surface area contributed by atoms with Crippen LogP contribution < -0.4 is 15.5 Å². The number of hydrogen-bond donors (Lipinski definition) is 2. The Morgan fingerprint density at radius 2 is 2.33 bits per heavy atom. The summed E-state index contributed by atoms with van der Waals surface area (Å²) in [6.45, 7) is 6.05. The molecule has 0 aromatic carbocycles. The van der Waals surface area contributed by atoms with Crippen molar-refractivity contribution in [1.82, 2.24) is 15.6 Å². The van der Waals surface area contributed by atoms with Crippen LogP contribution in [0.4, 0.5) is 10.6 Å². The van der Waals surface area contributed by atoms with Gasteiger partial charge < -0.3 is 20.3 Å². The summed E-state index contributed by atoms with van der Waals surface area (Å²) < 4.78 is 5.27. The molecule has 1 aliphatic heterocycles. The van der Waals surface area contributed by atoms with Crippen molar-refractivity contribution in [2.45, 2.75) is 31.9 Å². The third kappa shape index (κ3) is 4.60. The Morgan fingerprint density at radius 3 is 3.00 bits per heavy atom. The number of amides is 2. The molecule has 21 heavy (non-hydrogen) atoms. The minimum Gasteiger partial charge on any atom is -0.377 e. The van der Waals surface area contributed by atoms with E-state index in [1.54, 1.807) is 13.3 Å². The highest BCUT2D eigenvalue weighted by Crippen LogP contribution is 2.17. The van der Waals surface area contributed by atoms with Crippen molar-refractivity contribution >= 4 is 11.8 Å². The van der Waals surface area contributed by atoms with Gasteiger partial charge in [-0.05, 0) is 32.4 Å². The molecule has 2 rings (SSSR count). The molecule has 1 aromatic heterocycles. The highest BCUT2D eigenvalue weighted by atomic mass is 16.5. The Labute approximate surface area is 125 Å². The number of pyridine rings is 1. The van der Waals surface area contributed by atoms with Gasteiger partial charge in [0.1, 0.15) is 5.82 Å². The van der Waals surface area contributed by atoms with Crippen LogP contribution in [-0.2, 0) is 4.74 Å². The van der Waals surface area contributed by atoms with E-state index in [0.29, 0.717) is 6.54 Å². The normalized spacial score (nSPS) is 18.6. The standard InChI is InChI=1S/C15H24N4O2/c1-15(2,21-3)11-17-14(20)18-12-7-9-19(10-12)13-6-4-5-8-16-13/h4-6,8,12H,7,9-11H2,1-3H3,(H2,17,18,20)/t12-/m1/s1. The number of methoxy groups -OCH3 is 1. The number of rotatable bonds is 5. The first-order chi connectivity index (χ1) is 10.00. The molecule has 1 saturated heterocycles. The van der Waals surface area contributed by atoms with Gasteiger partial charge >= 0.3 is 6.03 Å². The number of aromatic nitrogens is 1. The number of carbonyl (C=O) groups excluding carboxylic acids is 1. The maximum atomic E-state index is 11.9. The van der Waals surface area contributed by atoms with Gasteiger partial charge in [0.05, 0.1) is 5.60 Å². The number of nitrogens with zero attached hydrogens (tertiary/aromatic N) is 2. The van der Waals surface area contributed by atoms with Gasteiger partial charge in [0, 0.05) is 39.0 Å². The monoisotopic (exact) mass is 292 g/mol. The highest BCUT2D eigenvalue weighted by molar-refractivity contribution is 5.74. The molecule has 0 radical (unpaired) electrons. The molecule has 2 amide bonds. The van der Waals surface area contributed by atoms with Crippen LogP contribution in [0.15, 0.2) is 24.4 Å². The molecule has 0 spiro atoms. The van der Waals surface area contributed by atoms with Crippen LogP contribution in [0.5, 0.6) is 0 Å².